The fraction of sp³-hybridized carbons (Fsp3) is 0.364. The molecule has 0 radical (unpaired) electrons. The number of carboxylic acid groups (broad SMARTS) is 1. The number of carbonyl (C=O) groups excluding carboxylic acids is 5. The highest BCUT2D eigenvalue weighted by atomic mass is 16.4. The fourth-order valence-corrected chi connectivity index (χ4v) is 3.72. The summed E-state index contributed by atoms with van der Waals surface area (Å²) >= 11 is 0. The molecule has 0 saturated carbocycles. The fourth-order valence-electron chi connectivity index (χ4n) is 3.72. The first-order valence-electron chi connectivity index (χ1n) is 10.7. The molecule has 180 valence electrons. The first-order valence-corrected chi connectivity index (χ1v) is 10.7. The zero-order chi connectivity index (χ0) is 24.7. The van der Waals surface area contributed by atoms with Gasteiger partial charge in [0.15, 0.2) is 0 Å². The summed E-state index contributed by atoms with van der Waals surface area (Å²) in [4.78, 5) is 73.2. The van der Waals surface area contributed by atoms with Gasteiger partial charge >= 0.3 is 12.0 Å². The Balaban J connectivity index is 1.75. The van der Waals surface area contributed by atoms with E-state index in [9.17, 15) is 28.8 Å². The molecule has 2 heterocycles. The number of urea groups is 1. The van der Waals surface area contributed by atoms with Gasteiger partial charge in [0, 0.05) is 19.0 Å². The molecule has 2 aliphatic heterocycles. The van der Waals surface area contributed by atoms with Crippen LogP contribution in [0.5, 0.6) is 0 Å². The van der Waals surface area contributed by atoms with Crippen molar-refractivity contribution in [1.82, 2.24) is 25.8 Å². The van der Waals surface area contributed by atoms with Crippen LogP contribution in [0.2, 0.25) is 0 Å². The summed E-state index contributed by atoms with van der Waals surface area (Å²) in [6.07, 6.45) is 3.03. The smallest absolute Gasteiger partial charge is 0.358 e. The second-order valence-electron chi connectivity index (χ2n) is 7.77. The Morgan fingerprint density at radius 3 is 2.56 bits per heavy atom. The largest absolute Gasteiger partial charge is 0.481 e. The summed E-state index contributed by atoms with van der Waals surface area (Å²) in [6, 6.07) is 5.83. The van der Waals surface area contributed by atoms with E-state index in [1.165, 1.54) is 6.08 Å². The van der Waals surface area contributed by atoms with Crippen LogP contribution >= 0.6 is 0 Å². The number of carboxylic acids is 1. The lowest BCUT2D eigenvalue weighted by Crippen LogP contribution is -2.64. The minimum absolute atomic E-state index is 0.0742. The van der Waals surface area contributed by atoms with Crippen molar-refractivity contribution < 1.29 is 33.9 Å². The van der Waals surface area contributed by atoms with Crippen LogP contribution in [0.15, 0.2) is 36.4 Å². The third-order valence-corrected chi connectivity index (χ3v) is 5.33. The molecule has 2 atom stereocenters. The Hall–Kier alpha value is -4.22. The molecule has 0 spiro atoms. The van der Waals surface area contributed by atoms with Crippen molar-refractivity contribution in [3.05, 3.63) is 42.0 Å². The molecule has 1 aromatic rings. The number of carbonyl (C=O) groups is 6. The maximum absolute atomic E-state index is 13.3. The maximum atomic E-state index is 13.3. The van der Waals surface area contributed by atoms with Crippen molar-refractivity contribution in [2.24, 2.45) is 0 Å². The summed E-state index contributed by atoms with van der Waals surface area (Å²) < 4.78 is 0. The number of hydrazine groups is 2. The Kier molecular flexibility index (Phi) is 7.96. The Bertz CT molecular complexity index is 997. The molecule has 12 heteroatoms. The minimum atomic E-state index is -1.28. The topological polar surface area (TPSA) is 156 Å². The number of hydrogen-bond acceptors (Lipinski definition) is 6. The molecule has 2 aliphatic rings. The number of nitrogens with zero attached hydrogens (tertiary/aromatic N) is 3. The number of rotatable bonds is 8. The molecule has 1 aromatic carbocycles. The minimum Gasteiger partial charge on any atom is -0.481 e. The lowest BCUT2D eigenvalue weighted by Gasteiger charge is -2.42. The average Bonchev–Trinajstić information content (AvgIpc) is 2.94. The van der Waals surface area contributed by atoms with Gasteiger partial charge in [-0.1, -0.05) is 30.3 Å². The van der Waals surface area contributed by atoms with Crippen LogP contribution in [0, 0.1) is 0 Å². The molecule has 2 saturated heterocycles. The Labute approximate surface area is 195 Å². The van der Waals surface area contributed by atoms with E-state index in [0.29, 0.717) is 12.7 Å². The molecule has 0 aliphatic carbocycles. The summed E-state index contributed by atoms with van der Waals surface area (Å²) in [5, 5.41) is 14.3. The highest BCUT2D eigenvalue weighted by molar-refractivity contribution is 5.95. The maximum Gasteiger partial charge on any atom is 0.358 e. The first-order chi connectivity index (χ1) is 16.3. The van der Waals surface area contributed by atoms with Gasteiger partial charge in [-0.05, 0) is 24.5 Å². The van der Waals surface area contributed by atoms with Gasteiger partial charge in [0.1, 0.15) is 12.3 Å². The van der Waals surface area contributed by atoms with Crippen molar-refractivity contribution >= 4 is 42.1 Å². The van der Waals surface area contributed by atoms with Gasteiger partial charge in [-0.15, -0.1) is 0 Å². The van der Waals surface area contributed by atoms with E-state index in [1.807, 2.05) is 18.2 Å². The SMILES string of the molecule is O=C[C@H](CC(=O)O)NC(=O)[C@@H]1CCCN2C(=O)CCN(NC(=O)/C=C/c3ccccc3)C(=O)N12. The third kappa shape index (κ3) is 5.97. The molecular formula is C22H25N5O7. The van der Waals surface area contributed by atoms with Crippen LogP contribution in [-0.2, 0) is 24.0 Å². The van der Waals surface area contributed by atoms with Crippen molar-refractivity contribution in [2.45, 2.75) is 37.8 Å². The molecule has 2 fully saturated rings. The number of aliphatic carboxylic acids is 1. The first kappa shape index (κ1) is 24.4. The predicted octanol–water partition coefficient (Wildman–Crippen LogP) is -0.0769. The van der Waals surface area contributed by atoms with Gasteiger partial charge in [-0.2, -0.15) is 0 Å². The normalized spacial score (nSPS) is 19.3. The van der Waals surface area contributed by atoms with E-state index in [0.717, 1.165) is 20.6 Å². The summed E-state index contributed by atoms with van der Waals surface area (Å²) in [7, 11) is 0. The average molecular weight is 471 g/mol. The molecule has 0 unspecified atom stereocenters. The van der Waals surface area contributed by atoms with Crippen LogP contribution < -0.4 is 10.7 Å². The quantitative estimate of drug-likeness (QED) is 0.354. The van der Waals surface area contributed by atoms with E-state index >= 15 is 0 Å². The zero-order valence-electron chi connectivity index (χ0n) is 18.3. The second-order valence-corrected chi connectivity index (χ2v) is 7.77. The van der Waals surface area contributed by atoms with Crippen LogP contribution in [0.1, 0.15) is 31.2 Å². The van der Waals surface area contributed by atoms with Crippen LogP contribution in [0.25, 0.3) is 6.08 Å². The molecule has 0 bridgehead atoms. The summed E-state index contributed by atoms with van der Waals surface area (Å²) in [6.45, 7) is 0.107. The van der Waals surface area contributed by atoms with Gasteiger partial charge in [-0.25, -0.2) is 19.8 Å². The van der Waals surface area contributed by atoms with E-state index in [4.69, 9.17) is 5.11 Å². The van der Waals surface area contributed by atoms with Crippen molar-refractivity contribution in [3.8, 4) is 0 Å². The Morgan fingerprint density at radius 2 is 1.88 bits per heavy atom. The van der Waals surface area contributed by atoms with Crippen LogP contribution in [-0.4, -0.2) is 81.3 Å². The van der Waals surface area contributed by atoms with E-state index in [-0.39, 0.29) is 25.9 Å². The van der Waals surface area contributed by atoms with E-state index in [2.05, 4.69) is 10.7 Å². The zero-order valence-corrected chi connectivity index (χ0v) is 18.3. The molecule has 34 heavy (non-hydrogen) atoms. The Morgan fingerprint density at radius 1 is 1.15 bits per heavy atom. The molecule has 3 rings (SSSR count). The van der Waals surface area contributed by atoms with Crippen molar-refractivity contribution in [1.29, 1.82) is 0 Å². The summed E-state index contributed by atoms with van der Waals surface area (Å²) in [5.74, 6) is -3.04. The number of fused-ring (bicyclic) bond motifs is 1. The monoisotopic (exact) mass is 471 g/mol. The van der Waals surface area contributed by atoms with Gasteiger partial charge < -0.3 is 15.2 Å². The predicted molar refractivity (Wildman–Crippen MR) is 117 cm³/mol. The standard InChI is InChI=1S/C22H25N5O7/c28-14-16(13-20(31)32)23-21(33)17-7-4-11-26-19(30)10-12-25(22(34)27(17)26)24-18(29)9-8-15-5-2-1-3-6-15/h1-3,5-6,8-9,14,16-17H,4,7,10-13H2,(H,23,33)(H,24,29)(H,31,32)/b9-8+/t16-,17-/m0/s1. The van der Waals surface area contributed by atoms with Crippen molar-refractivity contribution in [3.63, 3.8) is 0 Å². The molecule has 12 nitrogen and oxygen atoms in total. The van der Waals surface area contributed by atoms with Gasteiger partial charge in [0.25, 0.3) is 5.91 Å². The van der Waals surface area contributed by atoms with Crippen LogP contribution in [0.3, 0.4) is 0 Å². The number of aldehydes is 1. The third-order valence-electron chi connectivity index (χ3n) is 5.33. The van der Waals surface area contributed by atoms with Crippen molar-refractivity contribution in [2.75, 3.05) is 13.1 Å². The number of benzene rings is 1. The molecule has 5 amide bonds. The summed E-state index contributed by atoms with van der Waals surface area (Å²) in [5.41, 5.74) is 3.22. The number of nitrogens with one attached hydrogen (secondary N) is 2. The highest BCUT2D eigenvalue weighted by Crippen LogP contribution is 2.23. The number of hydrogen-bond donors (Lipinski definition) is 3. The highest BCUT2D eigenvalue weighted by Gasteiger charge is 2.44. The number of amides is 5. The second kappa shape index (κ2) is 11.1. The molecule has 3 N–H and O–H groups in total. The van der Waals surface area contributed by atoms with Gasteiger partial charge in [0.05, 0.1) is 19.0 Å². The lowest BCUT2D eigenvalue weighted by atomic mass is 10.1. The molecule has 0 aromatic heterocycles. The molecular weight excluding hydrogens is 446 g/mol. The van der Waals surface area contributed by atoms with Gasteiger partial charge in [0.2, 0.25) is 11.8 Å². The van der Waals surface area contributed by atoms with E-state index < -0.39 is 48.2 Å². The van der Waals surface area contributed by atoms with Gasteiger partial charge in [-0.3, -0.25) is 24.6 Å². The lowest BCUT2D eigenvalue weighted by molar-refractivity contribution is -0.155. The van der Waals surface area contributed by atoms with E-state index in [1.54, 1.807) is 18.2 Å². The van der Waals surface area contributed by atoms with Crippen LogP contribution in [0.4, 0.5) is 4.79 Å².